The van der Waals surface area contributed by atoms with Crippen LogP contribution < -0.4 is 11.1 Å². The largest absolute Gasteiger partial charge is 0.399 e. The Balaban J connectivity index is 2.07. The van der Waals surface area contributed by atoms with E-state index in [2.05, 4.69) is 18.3 Å². The average Bonchev–Trinajstić information content (AvgIpc) is 2.59. The van der Waals surface area contributed by atoms with Gasteiger partial charge in [-0.2, -0.15) is 0 Å². The first-order valence-electron chi connectivity index (χ1n) is 5.41. The van der Waals surface area contributed by atoms with E-state index in [-0.39, 0.29) is 0 Å². The Morgan fingerprint density at radius 3 is 2.87 bits per heavy atom. The third-order valence-corrected chi connectivity index (χ3v) is 3.00. The normalized spacial score (nSPS) is 25.5. The van der Waals surface area contributed by atoms with Crippen molar-refractivity contribution in [2.75, 3.05) is 17.7 Å². The molecule has 1 aromatic rings. The van der Waals surface area contributed by atoms with Crippen molar-refractivity contribution in [2.45, 2.75) is 32.4 Å². The number of anilines is 2. The zero-order valence-corrected chi connectivity index (χ0v) is 9.29. The summed E-state index contributed by atoms with van der Waals surface area (Å²) in [6, 6.07) is 6.47. The molecule has 0 aliphatic carbocycles. The molecule has 3 nitrogen and oxygen atoms in total. The molecule has 0 spiro atoms. The molecular weight excluding hydrogens is 188 g/mol. The van der Waals surface area contributed by atoms with Crippen molar-refractivity contribution in [3.05, 3.63) is 23.8 Å². The second-order valence-corrected chi connectivity index (χ2v) is 4.19. The van der Waals surface area contributed by atoms with Crippen molar-refractivity contribution in [1.29, 1.82) is 0 Å². The first kappa shape index (κ1) is 10.3. The van der Waals surface area contributed by atoms with Gasteiger partial charge in [0.2, 0.25) is 0 Å². The zero-order valence-electron chi connectivity index (χ0n) is 9.29. The highest BCUT2D eigenvalue weighted by Gasteiger charge is 2.23. The van der Waals surface area contributed by atoms with Crippen LogP contribution in [0.5, 0.6) is 0 Å². The second-order valence-electron chi connectivity index (χ2n) is 4.19. The molecule has 1 heterocycles. The number of nitrogen functional groups attached to an aromatic ring is 1. The van der Waals surface area contributed by atoms with E-state index in [9.17, 15) is 0 Å². The maximum atomic E-state index is 5.77. The van der Waals surface area contributed by atoms with Gasteiger partial charge in [0.05, 0.1) is 12.1 Å². The van der Waals surface area contributed by atoms with Crippen molar-refractivity contribution >= 4 is 11.4 Å². The van der Waals surface area contributed by atoms with Gasteiger partial charge in [0.15, 0.2) is 0 Å². The van der Waals surface area contributed by atoms with E-state index in [0.717, 1.165) is 30.0 Å². The lowest BCUT2D eigenvalue weighted by Gasteiger charge is -2.18. The highest BCUT2D eigenvalue weighted by molar-refractivity contribution is 5.57. The van der Waals surface area contributed by atoms with Crippen LogP contribution in [0.2, 0.25) is 0 Å². The summed E-state index contributed by atoms with van der Waals surface area (Å²) in [6.45, 7) is 4.98. The van der Waals surface area contributed by atoms with Crippen molar-refractivity contribution in [3.63, 3.8) is 0 Å². The number of hydrogen-bond donors (Lipinski definition) is 2. The molecule has 3 heteroatoms. The molecule has 2 unspecified atom stereocenters. The summed E-state index contributed by atoms with van der Waals surface area (Å²) >= 11 is 0. The molecule has 1 aliphatic heterocycles. The van der Waals surface area contributed by atoms with Gasteiger partial charge >= 0.3 is 0 Å². The Morgan fingerprint density at radius 2 is 2.27 bits per heavy atom. The van der Waals surface area contributed by atoms with Gasteiger partial charge < -0.3 is 15.8 Å². The van der Waals surface area contributed by atoms with Crippen molar-refractivity contribution in [1.82, 2.24) is 0 Å². The first-order valence-corrected chi connectivity index (χ1v) is 5.41. The van der Waals surface area contributed by atoms with E-state index in [1.807, 2.05) is 19.1 Å². The minimum atomic E-state index is 0.294. The fourth-order valence-electron chi connectivity index (χ4n) is 1.90. The average molecular weight is 206 g/mol. The first-order chi connectivity index (χ1) is 7.16. The lowest BCUT2D eigenvalue weighted by molar-refractivity contribution is 0.121. The second kappa shape index (κ2) is 4.11. The van der Waals surface area contributed by atoms with Gasteiger partial charge in [-0.25, -0.2) is 0 Å². The highest BCUT2D eigenvalue weighted by Crippen LogP contribution is 2.21. The summed E-state index contributed by atoms with van der Waals surface area (Å²) in [4.78, 5) is 0. The maximum Gasteiger partial charge on any atom is 0.0748 e. The molecule has 0 saturated carbocycles. The van der Waals surface area contributed by atoms with E-state index < -0.39 is 0 Å². The van der Waals surface area contributed by atoms with Crippen LogP contribution >= 0.6 is 0 Å². The minimum absolute atomic E-state index is 0.294. The topological polar surface area (TPSA) is 47.3 Å². The Kier molecular flexibility index (Phi) is 2.82. The third kappa shape index (κ3) is 2.23. The van der Waals surface area contributed by atoms with Gasteiger partial charge in [-0.1, -0.05) is 0 Å². The summed E-state index contributed by atoms with van der Waals surface area (Å²) in [5.41, 5.74) is 8.86. The van der Waals surface area contributed by atoms with Crippen LogP contribution in [-0.4, -0.2) is 18.8 Å². The van der Waals surface area contributed by atoms with Crippen molar-refractivity contribution < 1.29 is 4.74 Å². The lowest BCUT2D eigenvalue weighted by atomic mass is 10.1. The summed E-state index contributed by atoms with van der Waals surface area (Å²) in [6.07, 6.45) is 1.37. The van der Waals surface area contributed by atoms with Crippen LogP contribution in [0.25, 0.3) is 0 Å². The molecule has 82 valence electrons. The summed E-state index contributed by atoms with van der Waals surface area (Å²) < 4.78 is 5.50. The van der Waals surface area contributed by atoms with Gasteiger partial charge in [0.1, 0.15) is 0 Å². The van der Waals surface area contributed by atoms with Gasteiger partial charge in [-0.3, -0.25) is 0 Å². The molecule has 0 radical (unpaired) electrons. The summed E-state index contributed by atoms with van der Waals surface area (Å²) in [5.74, 6) is 0. The zero-order chi connectivity index (χ0) is 10.8. The number of benzene rings is 1. The molecule has 1 aliphatic rings. The van der Waals surface area contributed by atoms with E-state index in [1.54, 1.807) is 0 Å². The number of ether oxygens (including phenoxy) is 1. The predicted molar refractivity (Wildman–Crippen MR) is 63.0 cm³/mol. The van der Waals surface area contributed by atoms with Gasteiger partial charge in [-0.05, 0) is 44.0 Å². The minimum Gasteiger partial charge on any atom is -0.399 e. The van der Waals surface area contributed by atoms with Gasteiger partial charge in [-0.15, -0.1) is 0 Å². The summed E-state index contributed by atoms with van der Waals surface area (Å²) in [5, 5.41) is 3.48. The van der Waals surface area contributed by atoms with Crippen LogP contribution in [0.1, 0.15) is 18.9 Å². The predicted octanol–water partition coefficient (Wildman–Crippen LogP) is 2.17. The quantitative estimate of drug-likeness (QED) is 0.729. The third-order valence-electron chi connectivity index (χ3n) is 3.00. The molecule has 1 saturated heterocycles. The molecule has 15 heavy (non-hydrogen) atoms. The van der Waals surface area contributed by atoms with E-state index >= 15 is 0 Å². The number of aryl methyl sites for hydroxylation is 1. The van der Waals surface area contributed by atoms with E-state index in [4.69, 9.17) is 10.5 Å². The van der Waals surface area contributed by atoms with Crippen LogP contribution in [0, 0.1) is 6.92 Å². The van der Waals surface area contributed by atoms with Crippen molar-refractivity contribution in [3.8, 4) is 0 Å². The Bertz CT molecular complexity index is 351. The Morgan fingerprint density at radius 1 is 1.47 bits per heavy atom. The maximum absolute atomic E-state index is 5.77. The van der Waals surface area contributed by atoms with Crippen LogP contribution in [-0.2, 0) is 4.74 Å². The molecular formula is C12H18N2O. The molecule has 0 bridgehead atoms. The Hall–Kier alpha value is -1.22. The molecule has 0 aromatic heterocycles. The summed E-state index contributed by atoms with van der Waals surface area (Å²) in [7, 11) is 0. The molecule has 0 amide bonds. The number of rotatable bonds is 2. The smallest absolute Gasteiger partial charge is 0.0748 e. The van der Waals surface area contributed by atoms with Crippen LogP contribution in [0.4, 0.5) is 11.4 Å². The fourth-order valence-corrected chi connectivity index (χ4v) is 1.90. The van der Waals surface area contributed by atoms with E-state index in [0.29, 0.717) is 12.1 Å². The molecule has 2 rings (SSSR count). The fraction of sp³-hybridized carbons (Fsp3) is 0.500. The molecule has 1 aromatic carbocycles. The standard InChI is InChI=1S/C12H18N2O/c1-8-7-10(3-4-11(8)13)14-12-5-6-15-9(12)2/h3-4,7,9,12,14H,5-6,13H2,1-2H3. The Labute approximate surface area is 90.6 Å². The number of nitrogens with two attached hydrogens (primary N) is 1. The van der Waals surface area contributed by atoms with Crippen LogP contribution in [0.15, 0.2) is 18.2 Å². The number of nitrogens with one attached hydrogen (secondary N) is 1. The van der Waals surface area contributed by atoms with E-state index in [1.165, 1.54) is 0 Å². The monoisotopic (exact) mass is 206 g/mol. The lowest BCUT2D eigenvalue weighted by Crippen LogP contribution is -2.26. The van der Waals surface area contributed by atoms with Gasteiger partial charge in [0, 0.05) is 18.0 Å². The van der Waals surface area contributed by atoms with Crippen LogP contribution in [0.3, 0.4) is 0 Å². The van der Waals surface area contributed by atoms with Crippen molar-refractivity contribution in [2.24, 2.45) is 0 Å². The molecule has 1 fully saturated rings. The molecule has 2 atom stereocenters. The van der Waals surface area contributed by atoms with Gasteiger partial charge in [0.25, 0.3) is 0 Å². The number of hydrogen-bond acceptors (Lipinski definition) is 3. The SMILES string of the molecule is Cc1cc(NC2CCOC2C)ccc1N. The molecule has 3 N–H and O–H groups in total. The highest BCUT2D eigenvalue weighted by atomic mass is 16.5.